The topological polar surface area (TPSA) is 72.0 Å². The lowest BCUT2D eigenvalue weighted by Crippen LogP contribution is -2.08. The summed E-state index contributed by atoms with van der Waals surface area (Å²) in [6, 6.07) is 2.29. The molecule has 2 aromatic heterocycles. The number of thiophene rings is 1. The first-order valence-corrected chi connectivity index (χ1v) is 6.83. The van der Waals surface area contributed by atoms with Gasteiger partial charge >= 0.3 is 6.01 Å². The Kier molecular flexibility index (Phi) is 4.32. The number of methoxy groups -OCH3 is 1. The maximum atomic E-state index is 5.01. The van der Waals surface area contributed by atoms with E-state index in [-0.39, 0.29) is 6.01 Å². The van der Waals surface area contributed by atoms with Gasteiger partial charge in [0.05, 0.1) is 13.7 Å². The molecule has 0 bridgehead atoms. The summed E-state index contributed by atoms with van der Waals surface area (Å²) >= 11 is 5.14. The molecule has 0 fully saturated rings. The van der Waals surface area contributed by atoms with Gasteiger partial charge in [0.25, 0.3) is 0 Å². The summed E-state index contributed by atoms with van der Waals surface area (Å²) in [5.41, 5.74) is 0. The van der Waals surface area contributed by atoms with Crippen LogP contribution in [0.3, 0.4) is 0 Å². The molecule has 0 atom stereocenters. The predicted octanol–water partition coefficient (Wildman–Crippen LogP) is 2.36. The third-order valence-electron chi connectivity index (χ3n) is 2.12. The third-order valence-corrected chi connectivity index (χ3v) is 4.05. The first-order valence-electron chi connectivity index (χ1n) is 5.16. The fourth-order valence-electron chi connectivity index (χ4n) is 1.25. The molecule has 0 aliphatic rings. The lowest BCUT2D eigenvalue weighted by atomic mass is 10.5. The molecule has 0 saturated heterocycles. The van der Waals surface area contributed by atoms with Crippen molar-refractivity contribution in [3.8, 4) is 6.01 Å². The zero-order valence-electron chi connectivity index (χ0n) is 9.90. The summed E-state index contributed by atoms with van der Waals surface area (Å²) < 4.78 is 6.09. The largest absolute Gasteiger partial charge is 0.467 e. The number of nitrogens with zero attached hydrogens (tertiary/aromatic N) is 3. The van der Waals surface area contributed by atoms with E-state index in [1.54, 1.807) is 18.4 Å². The van der Waals surface area contributed by atoms with Gasteiger partial charge in [0.1, 0.15) is 0 Å². The van der Waals surface area contributed by atoms with Gasteiger partial charge in [0.2, 0.25) is 11.9 Å². The van der Waals surface area contributed by atoms with Crippen molar-refractivity contribution < 1.29 is 4.74 Å². The van der Waals surface area contributed by atoms with Gasteiger partial charge in [0, 0.05) is 16.4 Å². The lowest BCUT2D eigenvalue weighted by Gasteiger charge is -2.07. The van der Waals surface area contributed by atoms with Crippen LogP contribution in [0.4, 0.5) is 11.9 Å². The van der Waals surface area contributed by atoms with Crippen LogP contribution in [-0.2, 0) is 6.54 Å². The number of halogens is 1. The van der Waals surface area contributed by atoms with Gasteiger partial charge in [-0.1, -0.05) is 0 Å². The van der Waals surface area contributed by atoms with Crippen molar-refractivity contribution in [1.29, 1.82) is 0 Å². The third kappa shape index (κ3) is 3.08. The number of hydrogen-bond acceptors (Lipinski definition) is 7. The number of hydrogen-bond donors (Lipinski definition) is 2. The highest BCUT2D eigenvalue weighted by atomic mass is 79.9. The molecule has 0 saturated carbocycles. The van der Waals surface area contributed by atoms with E-state index in [0.717, 1.165) is 4.47 Å². The Bertz CT molecular complexity index is 510. The second-order valence-corrected chi connectivity index (χ2v) is 5.12. The zero-order valence-corrected chi connectivity index (χ0v) is 12.3. The molecule has 0 unspecified atom stereocenters. The molecule has 0 spiro atoms. The van der Waals surface area contributed by atoms with Gasteiger partial charge in [-0.2, -0.15) is 15.0 Å². The Hall–Kier alpha value is -1.41. The molecular formula is C10H12BrN5OS. The fraction of sp³-hybridized carbons (Fsp3) is 0.300. The Morgan fingerprint density at radius 1 is 1.33 bits per heavy atom. The Morgan fingerprint density at radius 3 is 2.72 bits per heavy atom. The number of anilines is 2. The fourth-order valence-corrected chi connectivity index (χ4v) is 2.68. The maximum Gasteiger partial charge on any atom is 0.322 e. The van der Waals surface area contributed by atoms with Gasteiger partial charge in [0.15, 0.2) is 0 Å². The smallest absolute Gasteiger partial charge is 0.322 e. The average Bonchev–Trinajstić information content (AvgIpc) is 2.81. The minimum absolute atomic E-state index is 0.280. The molecule has 2 heterocycles. The van der Waals surface area contributed by atoms with E-state index in [9.17, 15) is 0 Å². The van der Waals surface area contributed by atoms with Crippen molar-refractivity contribution in [3.63, 3.8) is 0 Å². The van der Waals surface area contributed by atoms with Crippen LogP contribution >= 0.6 is 27.3 Å². The van der Waals surface area contributed by atoms with E-state index < -0.39 is 0 Å². The number of aromatic nitrogens is 3. The Labute approximate surface area is 117 Å². The molecule has 2 rings (SSSR count). The van der Waals surface area contributed by atoms with Gasteiger partial charge in [-0.25, -0.2) is 0 Å². The molecule has 96 valence electrons. The predicted molar refractivity (Wildman–Crippen MR) is 75.3 cm³/mol. The van der Waals surface area contributed by atoms with Crippen molar-refractivity contribution in [2.45, 2.75) is 6.54 Å². The highest BCUT2D eigenvalue weighted by Crippen LogP contribution is 2.23. The standard InChI is InChI=1S/C10H12BrN5OS/c1-12-8-14-9(16-10(15-8)17-2)13-5-7-6(11)3-4-18-7/h3-4H,5H2,1-2H3,(H2,12,13,14,15,16). The van der Waals surface area contributed by atoms with Crippen LogP contribution in [-0.4, -0.2) is 29.1 Å². The lowest BCUT2D eigenvalue weighted by molar-refractivity contribution is 0.379. The van der Waals surface area contributed by atoms with E-state index in [4.69, 9.17) is 4.74 Å². The van der Waals surface area contributed by atoms with Crippen LogP contribution in [0.2, 0.25) is 0 Å². The minimum atomic E-state index is 0.280. The summed E-state index contributed by atoms with van der Waals surface area (Å²) in [5.74, 6) is 0.945. The van der Waals surface area contributed by atoms with E-state index >= 15 is 0 Å². The second kappa shape index (κ2) is 5.96. The van der Waals surface area contributed by atoms with Crippen LogP contribution in [0.1, 0.15) is 4.88 Å². The SMILES string of the molecule is CNc1nc(NCc2sccc2Br)nc(OC)n1. The van der Waals surface area contributed by atoms with Crippen LogP contribution in [0, 0.1) is 0 Å². The highest BCUT2D eigenvalue weighted by molar-refractivity contribution is 9.10. The molecule has 2 aromatic rings. The van der Waals surface area contributed by atoms with Crippen molar-refractivity contribution in [2.24, 2.45) is 0 Å². The summed E-state index contributed by atoms with van der Waals surface area (Å²) in [6.45, 7) is 0.647. The van der Waals surface area contributed by atoms with Gasteiger partial charge < -0.3 is 15.4 Å². The molecule has 18 heavy (non-hydrogen) atoms. The summed E-state index contributed by atoms with van der Waals surface area (Å²) in [4.78, 5) is 13.5. The summed E-state index contributed by atoms with van der Waals surface area (Å²) in [5, 5.41) is 8.02. The normalized spacial score (nSPS) is 10.2. The van der Waals surface area contributed by atoms with Crippen LogP contribution in [0.25, 0.3) is 0 Å². The molecule has 0 aliphatic carbocycles. The number of ether oxygens (including phenoxy) is 1. The first kappa shape index (κ1) is 13.0. The van der Waals surface area contributed by atoms with E-state index in [0.29, 0.717) is 18.4 Å². The van der Waals surface area contributed by atoms with Gasteiger partial charge in [-0.05, 0) is 27.4 Å². The molecule has 8 heteroatoms. The van der Waals surface area contributed by atoms with E-state index in [1.807, 2.05) is 11.4 Å². The van der Waals surface area contributed by atoms with Crippen LogP contribution in [0.15, 0.2) is 15.9 Å². The average molecular weight is 330 g/mol. The summed E-state index contributed by atoms with van der Waals surface area (Å²) in [7, 11) is 3.27. The van der Waals surface area contributed by atoms with Crippen molar-refractivity contribution in [2.75, 3.05) is 24.8 Å². The first-order chi connectivity index (χ1) is 8.72. The number of nitrogens with one attached hydrogen (secondary N) is 2. The zero-order chi connectivity index (χ0) is 13.0. The van der Waals surface area contributed by atoms with E-state index in [1.165, 1.54) is 12.0 Å². The molecule has 0 radical (unpaired) electrons. The molecule has 0 amide bonds. The molecule has 0 aliphatic heterocycles. The molecule has 2 N–H and O–H groups in total. The monoisotopic (exact) mass is 329 g/mol. The van der Waals surface area contributed by atoms with Crippen molar-refractivity contribution in [3.05, 3.63) is 20.8 Å². The Morgan fingerprint density at radius 2 is 2.11 bits per heavy atom. The highest BCUT2D eigenvalue weighted by Gasteiger charge is 2.07. The van der Waals surface area contributed by atoms with Crippen LogP contribution in [0.5, 0.6) is 6.01 Å². The second-order valence-electron chi connectivity index (χ2n) is 3.26. The van der Waals surface area contributed by atoms with Crippen molar-refractivity contribution in [1.82, 2.24) is 15.0 Å². The minimum Gasteiger partial charge on any atom is -0.467 e. The van der Waals surface area contributed by atoms with Gasteiger partial charge in [-0.3, -0.25) is 0 Å². The van der Waals surface area contributed by atoms with Gasteiger partial charge in [-0.15, -0.1) is 11.3 Å². The van der Waals surface area contributed by atoms with E-state index in [2.05, 4.69) is 41.5 Å². The number of rotatable bonds is 5. The molecule has 6 nitrogen and oxygen atoms in total. The Balaban J connectivity index is 2.11. The summed E-state index contributed by atoms with van der Waals surface area (Å²) in [6.07, 6.45) is 0. The van der Waals surface area contributed by atoms with Crippen molar-refractivity contribution >= 4 is 39.2 Å². The van der Waals surface area contributed by atoms with Crippen LogP contribution < -0.4 is 15.4 Å². The maximum absolute atomic E-state index is 5.01. The quantitative estimate of drug-likeness (QED) is 0.877. The molecule has 0 aromatic carbocycles. The molecular weight excluding hydrogens is 318 g/mol.